The number of rotatable bonds is 6. The van der Waals surface area contributed by atoms with E-state index in [1.54, 1.807) is 19.9 Å². The molecule has 0 spiro atoms. The van der Waals surface area contributed by atoms with Crippen molar-refractivity contribution in [3.63, 3.8) is 0 Å². The smallest absolute Gasteiger partial charge is 0.305 e. The monoisotopic (exact) mass is 506 g/mol. The number of anilines is 1. The van der Waals surface area contributed by atoms with Gasteiger partial charge in [0.2, 0.25) is 11.8 Å². The number of nitrogens with one attached hydrogen (secondary N) is 1. The maximum atomic E-state index is 14.5. The van der Waals surface area contributed by atoms with Crippen LogP contribution < -0.4 is 15.4 Å². The maximum absolute atomic E-state index is 14.5. The summed E-state index contributed by atoms with van der Waals surface area (Å²) in [5.74, 6) is -0.105. The second-order valence-electron chi connectivity index (χ2n) is 11.6. The number of hydrogen-bond acceptors (Lipinski definition) is 4. The van der Waals surface area contributed by atoms with Gasteiger partial charge in [0.05, 0.1) is 5.69 Å². The third-order valence-electron chi connectivity index (χ3n) is 8.83. The molecule has 6 rings (SSSR count). The van der Waals surface area contributed by atoms with Crippen molar-refractivity contribution in [3.05, 3.63) is 30.1 Å². The predicted octanol–water partition coefficient (Wildman–Crippen LogP) is 2.55. The Labute approximate surface area is 206 Å². The first-order valence-corrected chi connectivity index (χ1v) is 14.0. The Morgan fingerprint density at radius 3 is 2.43 bits per heavy atom. The van der Waals surface area contributed by atoms with Crippen molar-refractivity contribution in [3.8, 4) is 0 Å². The molecule has 1 aromatic rings. The molecule has 4 saturated carbocycles. The van der Waals surface area contributed by atoms with E-state index in [4.69, 9.17) is 5.73 Å². The highest BCUT2D eigenvalue weighted by atomic mass is 32.2. The lowest BCUT2D eigenvalue weighted by atomic mass is 9.47. The minimum Gasteiger partial charge on any atom is -0.370 e. The summed E-state index contributed by atoms with van der Waals surface area (Å²) in [6.07, 6.45) is 5.70. The normalized spacial score (nSPS) is 34.1. The van der Waals surface area contributed by atoms with Crippen molar-refractivity contribution in [1.29, 1.82) is 0 Å². The van der Waals surface area contributed by atoms with Gasteiger partial charge < -0.3 is 11.1 Å². The molecule has 1 aromatic carbocycles. The second-order valence-corrected chi connectivity index (χ2v) is 13.4. The van der Waals surface area contributed by atoms with Gasteiger partial charge in [0.1, 0.15) is 11.4 Å². The average Bonchev–Trinajstić information content (AvgIpc) is 2.75. The Hall–Kier alpha value is -2.20. The van der Waals surface area contributed by atoms with Crippen LogP contribution in [0, 0.1) is 29.0 Å². The van der Waals surface area contributed by atoms with Crippen LogP contribution in [0.15, 0.2) is 24.3 Å². The van der Waals surface area contributed by atoms with Crippen LogP contribution >= 0.6 is 0 Å². The number of hydrogen-bond donors (Lipinski definition) is 2. The molecule has 192 valence electrons. The molecule has 1 heterocycles. The Kier molecular flexibility index (Phi) is 5.90. The molecule has 35 heavy (non-hydrogen) atoms. The Balaban J connectivity index is 1.35. The summed E-state index contributed by atoms with van der Waals surface area (Å²) in [7, 11) is -4.11. The van der Waals surface area contributed by atoms with E-state index >= 15 is 0 Å². The van der Waals surface area contributed by atoms with E-state index in [2.05, 4.69) is 5.32 Å². The molecule has 0 aromatic heterocycles. The number of primary amides is 1. The molecular weight excluding hydrogens is 471 g/mol. The van der Waals surface area contributed by atoms with E-state index in [-0.39, 0.29) is 53.9 Å². The Morgan fingerprint density at radius 1 is 1.14 bits per heavy atom. The predicted molar refractivity (Wildman–Crippen MR) is 130 cm³/mol. The molecule has 2 amide bonds. The zero-order chi connectivity index (χ0) is 25.2. The summed E-state index contributed by atoms with van der Waals surface area (Å²) >= 11 is 0. The Morgan fingerprint density at radius 2 is 1.80 bits per heavy atom. The van der Waals surface area contributed by atoms with E-state index in [9.17, 15) is 22.4 Å². The van der Waals surface area contributed by atoms with Gasteiger partial charge in [-0.2, -0.15) is 12.7 Å². The highest BCUT2D eigenvalue weighted by Crippen LogP contribution is 2.61. The van der Waals surface area contributed by atoms with Crippen LogP contribution in [-0.2, 0) is 19.8 Å². The first-order chi connectivity index (χ1) is 16.4. The summed E-state index contributed by atoms with van der Waals surface area (Å²) in [4.78, 5) is 25.4. The minimum absolute atomic E-state index is 0.00538. The Bertz CT molecular complexity index is 1120. The van der Waals surface area contributed by atoms with Crippen molar-refractivity contribution in [1.82, 2.24) is 9.62 Å². The number of carbonyl (C=O) groups excluding carboxylic acids is 2. The fourth-order valence-corrected chi connectivity index (χ4v) is 9.64. The first kappa shape index (κ1) is 24.5. The third kappa shape index (κ3) is 4.12. The number of benzene rings is 1. The summed E-state index contributed by atoms with van der Waals surface area (Å²) in [6, 6.07) is 5.76. The second kappa shape index (κ2) is 8.44. The molecule has 2 unspecified atom stereocenters. The lowest BCUT2D eigenvalue weighted by Crippen LogP contribution is -2.66. The van der Waals surface area contributed by atoms with E-state index in [0.717, 1.165) is 36.4 Å². The van der Waals surface area contributed by atoms with Crippen molar-refractivity contribution >= 4 is 27.7 Å². The first-order valence-electron chi connectivity index (χ1n) is 12.6. The SMILES string of the molecule is CC(C)(C(=O)NC1C2CC3CC1CC(CC(N)=O)(C3)C2)N1CCCN(c2ccccc2F)S1(=O)=O. The molecule has 10 heteroatoms. The molecule has 1 aliphatic heterocycles. The van der Waals surface area contributed by atoms with Crippen LogP contribution in [0.2, 0.25) is 0 Å². The van der Waals surface area contributed by atoms with Crippen molar-refractivity contribution < 1.29 is 22.4 Å². The number of carbonyl (C=O) groups is 2. The molecule has 2 atom stereocenters. The molecule has 1 saturated heterocycles. The number of nitrogens with two attached hydrogens (primary N) is 1. The zero-order valence-electron chi connectivity index (χ0n) is 20.4. The molecule has 5 aliphatic rings. The zero-order valence-corrected chi connectivity index (χ0v) is 21.2. The molecule has 4 bridgehead atoms. The van der Waals surface area contributed by atoms with Crippen molar-refractivity contribution in [2.75, 3.05) is 17.4 Å². The van der Waals surface area contributed by atoms with Gasteiger partial charge in [-0.05, 0) is 87.7 Å². The van der Waals surface area contributed by atoms with Gasteiger partial charge in [-0.1, -0.05) is 12.1 Å². The fourth-order valence-electron chi connectivity index (χ4n) is 7.63. The van der Waals surface area contributed by atoms with Crippen LogP contribution in [0.4, 0.5) is 10.1 Å². The highest BCUT2D eigenvalue weighted by molar-refractivity contribution is 7.90. The number of para-hydroxylation sites is 1. The maximum Gasteiger partial charge on any atom is 0.305 e. The number of amides is 2. The van der Waals surface area contributed by atoms with Gasteiger partial charge in [0.25, 0.3) is 0 Å². The molecule has 8 nitrogen and oxygen atoms in total. The lowest BCUT2D eigenvalue weighted by molar-refractivity contribution is -0.139. The largest absolute Gasteiger partial charge is 0.370 e. The molecular formula is C25H35FN4O4S. The average molecular weight is 507 g/mol. The van der Waals surface area contributed by atoms with Gasteiger partial charge in [0.15, 0.2) is 0 Å². The van der Waals surface area contributed by atoms with Gasteiger partial charge >= 0.3 is 10.2 Å². The number of nitrogens with zero attached hydrogens (tertiary/aromatic N) is 2. The highest BCUT2D eigenvalue weighted by Gasteiger charge is 2.57. The van der Waals surface area contributed by atoms with E-state index in [1.807, 2.05) is 0 Å². The van der Waals surface area contributed by atoms with Crippen LogP contribution in [0.3, 0.4) is 0 Å². The molecule has 5 fully saturated rings. The lowest BCUT2D eigenvalue weighted by Gasteiger charge is -2.60. The van der Waals surface area contributed by atoms with Crippen LogP contribution in [0.5, 0.6) is 0 Å². The minimum atomic E-state index is -4.11. The van der Waals surface area contributed by atoms with Crippen LogP contribution in [0.1, 0.15) is 58.8 Å². The van der Waals surface area contributed by atoms with Crippen molar-refractivity contribution in [2.24, 2.45) is 28.9 Å². The van der Waals surface area contributed by atoms with Gasteiger partial charge in [-0.15, -0.1) is 0 Å². The third-order valence-corrected chi connectivity index (χ3v) is 11.0. The standard InChI is InChI=1S/C25H35FN4O4S/c1-24(2,30-9-5-8-29(35(30,33)34)20-7-4-3-6-19(20)26)23(32)28-22-17-10-16-11-18(22)14-25(12-16,13-17)15-21(27)31/h3-4,6-7,16-18,22H,5,8-15H2,1-2H3,(H2,27,31)(H,28,32). The van der Waals surface area contributed by atoms with E-state index in [1.165, 1.54) is 22.5 Å². The van der Waals surface area contributed by atoms with Crippen LogP contribution in [0.25, 0.3) is 0 Å². The van der Waals surface area contributed by atoms with Gasteiger partial charge in [-0.25, -0.2) is 4.39 Å². The van der Waals surface area contributed by atoms with Gasteiger partial charge in [0, 0.05) is 25.6 Å². The summed E-state index contributed by atoms with van der Waals surface area (Å²) in [5, 5.41) is 3.22. The van der Waals surface area contributed by atoms with Gasteiger partial charge in [-0.3, -0.25) is 13.9 Å². The summed E-state index contributed by atoms with van der Waals surface area (Å²) in [5.41, 5.74) is 4.16. The summed E-state index contributed by atoms with van der Waals surface area (Å²) < 4.78 is 43.8. The summed E-state index contributed by atoms with van der Waals surface area (Å²) in [6.45, 7) is 3.59. The van der Waals surface area contributed by atoms with E-state index < -0.39 is 21.6 Å². The molecule has 0 radical (unpaired) electrons. The molecule has 3 N–H and O–H groups in total. The van der Waals surface area contributed by atoms with Crippen molar-refractivity contribution in [2.45, 2.75) is 70.4 Å². The van der Waals surface area contributed by atoms with Crippen LogP contribution in [-0.4, -0.2) is 49.2 Å². The fraction of sp³-hybridized carbons (Fsp3) is 0.680. The molecule has 4 aliphatic carbocycles. The van der Waals surface area contributed by atoms with E-state index in [0.29, 0.717) is 18.8 Å². The quantitative estimate of drug-likeness (QED) is 0.617. The number of halogens is 1. The topological polar surface area (TPSA) is 113 Å².